The molecule has 10 heteroatoms. The highest BCUT2D eigenvalue weighted by Gasteiger charge is 2.18. The van der Waals surface area contributed by atoms with E-state index in [2.05, 4.69) is 15.0 Å². The number of nitrogens with one attached hydrogen (secondary N) is 2. The molecule has 2 aromatic rings. The molecule has 1 amide bonds. The second-order valence-corrected chi connectivity index (χ2v) is 8.73. The first kappa shape index (κ1) is 23.1. The summed E-state index contributed by atoms with van der Waals surface area (Å²) in [6.07, 6.45) is 2.06. The molecule has 168 valence electrons. The zero-order valence-corrected chi connectivity index (χ0v) is 18.4. The molecule has 1 aliphatic heterocycles. The van der Waals surface area contributed by atoms with Gasteiger partial charge in [0.1, 0.15) is 5.84 Å². The third-order valence-corrected chi connectivity index (χ3v) is 6.03. The van der Waals surface area contributed by atoms with Crippen molar-refractivity contribution >= 4 is 27.5 Å². The lowest BCUT2D eigenvalue weighted by molar-refractivity contribution is -0.116. The van der Waals surface area contributed by atoms with Crippen LogP contribution in [-0.2, 0) is 14.8 Å². The number of nitrogens with zero attached hydrogens (tertiary/aromatic N) is 2. The topological polar surface area (TPSA) is 130 Å². The van der Waals surface area contributed by atoms with Gasteiger partial charge in [-0.2, -0.15) is 5.26 Å². The SMILES string of the molecule is COc1cc(C#N)ccc1OCCCC(=O)Nc1cccc(S(=O)(=O)NC2=NCCC2)c1. The largest absolute Gasteiger partial charge is 0.493 e. The molecule has 0 saturated heterocycles. The lowest BCUT2D eigenvalue weighted by atomic mass is 10.2. The number of hydrogen-bond acceptors (Lipinski definition) is 7. The van der Waals surface area contributed by atoms with Crippen molar-refractivity contribution < 1.29 is 22.7 Å². The van der Waals surface area contributed by atoms with E-state index < -0.39 is 10.0 Å². The summed E-state index contributed by atoms with van der Waals surface area (Å²) in [4.78, 5) is 16.4. The first-order valence-corrected chi connectivity index (χ1v) is 11.6. The van der Waals surface area contributed by atoms with E-state index in [-0.39, 0.29) is 23.8 Å². The van der Waals surface area contributed by atoms with Gasteiger partial charge in [-0.1, -0.05) is 6.07 Å². The van der Waals surface area contributed by atoms with Gasteiger partial charge in [0.15, 0.2) is 11.5 Å². The number of benzene rings is 2. The molecule has 3 rings (SSSR count). The summed E-state index contributed by atoms with van der Waals surface area (Å²) >= 11 is 0. The lowest BCUT2D eigenvalue weighted by Gasteiger charge is -2.11. The molecule has 0 spiro atoms. The van der Waals surface area contributed by atoms with E-state index in [1.165, 1.54) is 19.2 Å². The van der Waals surface area contributed by atoms with Crippen LogP contribution in [0.1, 0.15) is 31.2 Å². The van der Waals surface area contributed by atoms with E-state index in [0.717, 1.165) is 6.42 Å². The Morgan fingerprint density at radius 1 is 1.22 bits per heavy atom. The number of nitriles is 1. The second kappa shape index (κ2) is 10.6. The van der Waals surface area contributed by atoms with Crippen LogP contribution in [0.2, 0.25) is 0 Å². The number of carbonyl (C=O) groups excluding carboxylic acids is 1. The van der Waals surface area contributed by atoms with Gasteiger partial charge in [-0.25, -0.2) is 8.42 Å². The fourth-order valence-corrected chi connectivity index (χ4v) is 4.21. The van der Waals surface area contributed by atoms with Crippen molar-refractivity contribution in [3.63, 3.8) is 0 Å². The zero-order chi connectivity index (χ0) is 23.0. The molecule has 0 bridgehead atoms. The number of anilines is 1. The van der Waals surface area contributed by atoms with Crippen LogP contribution >= 0.6 is 0 Å². The van der Waals surface area contributed by atoms with Gasteiger partial charge in [0.25, 0.3) is 10.0 Å². The monoisotopic (exact) mass is 456 g/mol. The molecular weight excluding hydrogens is 432 g/mol. The highest BCUT2D eigenvalue weighted by atomic mass is 32.2. The van der Waals surface area contributed by atoms with Crippen molar-refractivity contribution in [3.05, 3.63) is 48.0 Å². The van der Waals surface area contributed by atoms with Gasteiger partial charge >= 0.3 is 0 Å². The minimum absolute atomic E-state index is 0.0566. The number of carbonyl (C=O) groups is 1. The number of amides is 1. The Morgan fingerprint density at radius 2 is 2.06 bits per heavy atom. The highest BCUT2D eigenvalue weighted by molar-refractivity contribution is 7.90. The van der Waals surface area contributed by atoms with Crippen LogP contribution in [0.4, 0.5) is 5.69 Å². The number of hydrogen-bond donors (Lipinski definition) is 2. The van der Waals surface area contributed by atoms with Crippen molar-refractivity contribution in [1.29, 1.82) is 5.26 Å². The Balaban J connectivity index is 1.50. The first-order chi connectivity index (χ1) is 15.4. The Hall–Kier alpha value is -3.58. The molecule has 0 aromatic heterocycles. The van der Waals surface area contributed by atoms with E-state index in [9.17, 15) is 13.2 Å². The molecule has 0 aliphatic carbocycles. The molecule has 0 radical (unpaired) electrons. The summed E-state index contributed by atoms with van der Waals surface area (Å²) in [6.45, 7) is 0.895. The van der Waals surface area contributed by atoms with Crippen molar-refractivity contribution in [2.24, 2.45) is 4.99 Å². The van der Waals surface area contributed by atoms with Crippen LogP contribution in [-0.4, -0.2) is 40.4 Å². The first-order valence-electron chi connectivity index (χ1n) is 10.1. The Morgan fingerprint density at radius 3 is 2.78 bits per heavy atom. The van der Waals surface area contributed by atoms with Gasteiger partial charge in [0.2, 0.25) is 5.91 Å². The molecule has 2 N–H and O–H groups in total. The van der Waals surface area contributed by atoms with Crippen LogP contribution in [0.15, 0.2) is 52.4 Å². The van der Waals surface area contributed by atoms with Crippen LogP contribution in [0.25, 0.3) is 0 Å². The summed E-state index contributed by atoms with van der Waals surface area (Å²) in [5.74, 6) is 1.13. The summed E-state index contributed by atoms with van der Waals surface area (Å²) in [5, 5.41) is 11.6. The van der Waals surface area contributed by atoms with Crippen LogP contribution in [0, 0.1) is 11.3 Å². The summed E-state index contributed by atoms with van der Waals surface area (Å²) in [5.41, 5.74) is 0.852. The molecule has 1 aliphatic rings. The van der Waals surface area contributed by atoms with Gasteiger partial charge < -0.3 is 14.8 Å². The number of methoxy groups -OCH3 is 1. The molecule has 1 heterocycles. The predicted octanol–water partition coefficient (Wildman–Crippen LogP) is 2.84. The molecule has 2 aromatic carbocycles. The maximum Gasteiger partial charge on any atom is 0.262 e. The van der Waals surface area contributed by atoms with Crippen molar-refractivity contribution in [2.75, 3.05) is 25.6 Å². The number of rotatable bonds is 9. The quantitative estimate of drug-likeness (QED) is 0.558. The van der Waals surface area contributed by atoms with Gasteiger partial charge in [-0.15, -0.1) is 0 Å². The van der Waals surface area contributed by atoms with E-state index in [1.54, 1.807) is 30.3 Å². The van der Waals surface area contributed by atoms with Crippen LogP contribution in [0.5, 0.6) is 11.5 Å². The predicted molar refractivity (Wildman–Crippen MR) is 119 cm³/mol. The number of sulfonamides is 1. The molecule has 0 fully saturated rings. The molecule has 9 nitrogen and oxygen atoms in total. The summed E-state index contributed by atoms with van der Waals surface area (Å²) in [7, 11) is -2.26. The van der Waals surface area contributed by atoms with E-state index >= 15 is 0 Å². The van der Waals surface area contributed by atoms with Gasteiger partial charge in [0.05, 0.1) is 30.2 Å². The highest BCUT2D eigenvalue weighted by Crippen LogP contribution is 2.28. The van der Waals surface area contributed by atoms with Crippen molar-refractivity contribution in [2.45, 2.75) is 30.6 Å². The number of amidine groups is 1. The van der Waals surface area contributed by atoms with Gasteiger partial charge in [0, 0.05) is 31.1 Å². The van der Waals surface area contributed by atoms with Crippen LogP contribution in [0.3, 0.4) is 0 Å². The lowest BCUT2D eigenvalue weighted by Crippen LogP contribution is -2.29. The third-order valence-electron chi connectivity index (χ3n) is 4.65. The number of ether oxygens (including phenoxy) is 2. The van der Waals surface area contributed by atoms with Crippen molar-refractivity contribution in [1.82, 2.24) is 4.72 Å². The number of aliphatic imine (C=N–C) groups is 1. The summed E-state index contributed by atoms with van der Waals surface area (Å²) in [6, 6.07) is 13.0. The fourth-order valence-electron chi connectivity index (χ4n) is 3.07. The smallest absolute Gasteiger partial charge is 0.262 e. The third kappa shape index (κ3) is 6.21. The standard InChI is InChI=1S/C22H24N4O5S/c1-30-20-13-16(15-23)9-10-19(20)31-12-4-8-22(27)25-17-5-2-6-18(14-17)32(28,29)26-21-7-3-11-24-21/h2,5-6,9-10,13-14H,3-4,7-8,11-12H2,1H3,(H,24,26)(H,25,27). The average molecular weight is 457 g/mol. The van der Waals surface area contributed by atoms with Crippen LogP contribution < -0.4 is 19.5 Å². The normalized spacial score (nSPS) is 13.1. The molecule has 0 saturated carbocycles. The van der Waals surface area contributed by atoms with E-state index in [4.69, 9.17) is 14.7 Å². The van der Waals surface area contributed by atoms with Gasteiger partial charge in [-0.3, -0.25) is 14.5 Å². The molecule has 0 atom stereocenters. The maximum atomic E-state index is 12.5. The Bertz CT molecular complexity index is 1160. The van der Waals surface area contributed by atoms with E-state index in [1.807, 2.05) is 6.07 Å². The second-order valence-electron chi connectivity index (χ2n) is 7.04. The Labute approximate surface area is 187 Å². The zero-order valence-electron chi connectivity index (χ0n) is 17.6. The average Bonchev–Trinajstić information content (AvgIpc) is 3.29. The Kier molecular flexibility index (Phi) is 7.68. The van der Waals surface area contributed by atoms with Gasteiger partial charge in [-0.05, 0) is 43.2 Å². The van der Waals surface area contributed by atoms with E-state index in [0.29, 0.717) is 48.0 Å². The molecule has 0 unspecified atom stereocenters. The minimum Gasteiger partial charge on any atom is -0.493 e. The van der Waals surface area contributed by atoms with Crippen molar-refractivity contribution in [3.8, 4) is 17.6 Å². The fraction of sp³-hybridized carbons (Fsp3) is 0.318. The minimum atomic E-state index is -3.75. The maximum absolute atomic E-state index is 12.5. The summed E-state index contributed by atoms with van der Waals surface area (Å²) < 4.78 is 38.4. The molecular formula is C22H24N4O5S. The molecule has 32 heavy (non-hydrogen) atoms.